The fourth-order valence-electron chi connectivity index (χ4n) is 2.78. The molecule has 0 bridgehead atoms. The molecule has 0 spiro atoms. The van der Waals surface area contributed by atoms with Gasteiger partial charge in [0, 0.05) is 23.8 Å². The summed E-state index contributed by atoms with van der Waals surface area (Å²) in [6.07, 6.45) is -2.25. The van der Waals surface area contributed by atoms with Crippen molar-refractivity contribution in [3.05, 3.63) is 29.3 Å². The van der Waals surface area contributed by atoms with Crippen LogP contribution in [0.1, 0.15) is 37.8 Å². The Morgan fingerprint density at radius 2 is 1.95 bits per heavy atom. The fraction of sp³-hybridized carbons (Fsp3) is 0.533. The van der Waals surface area contributed by atoms with Crippen molar-refractivity contribution in [2.24, 2.45) is 11.7 Å². The second-order valence-electron chi connectivity index (χ2n) is 5.78. The fourth-order valence-corrected chi connectivity index (χ4v) is 2.95. The highest BCUT2D eigenvalue weighted by Crippen LogP contribution is 2.35. The topological polar surface area (TPSA) is 29.3 Å². The van der Waals surface area contributed by atoms with Gasteiger partial charge in [-0.1, -0.05) is 19.1 Å². The van der Waals surface area contributed by atoms with E-state index in [0.717, 1.165) is 31.5 Å². The van der Waals surface area contributed by atoms with E-state index in [-0.39, 0.29) is 11.0 Å². The summed E-state index contributed by atoms with van der Waals surface area (Å²) in [6, 6.07) is 3.92. The van der Waals surface area contributed by atoms with Gasteiger partial charge in [-0.3, -0.25) is 0 Å². The van der Waals surface area contributed by atoms with E-state index < -0.39 is 11.7 Å². The van der Waals surface area contributed by atoms with Gasteiger partial charge in [0.25, 0.3) is 0 Å². The first kappa shape index (κ1) is 16.1. The largest absolute Gasteiger partial charge is 0.416 e. The lowest BCUT2D eigenvalue weighted by Gasteiger charge is -2.39. The number of alkyl halides is 3. The molecule has 2 atom stereocenters. The Balaban J connectivity index is 2.45. The van der Waals surface area contributed by atoms with Crippen LogP contribution in [0.15, 0.2) is 18.2 Å². The first-order valence-corrected chi connectivity index (χ1v) is 7.38. The van der Waals surface area contributed by atoms with Gasteiger partial charge in [-0.05, 0) is 43.9 Å². The average Bonchev–Trinajstić information content (AvgIpc) is 2.40. The molecule has 2 unspecified atom stereocenters. The van der Waals surface area contributed by atoms with Gasteiger partial charge in [0.2, 0.25) is 0 Å². The van der Waals surface area contributed by atoms with E-state index in [4.69, 9.17) is 18.0 Å². The van der Waals surface area contributed by atoms with Gasteiger partial charge < -0.3 is 10.6 Å². The number of benzene rings is 1. The van der Waals surface area contributed by atoms with Gasteiger partial charge in [-0.15, -0.1) is 0 Å². The minimum absolute atomic E-state index is 0.00141. The Bertz CT molecular complexity index is 542. The molecule has 1 heterocycles. The molecule has 1 aromatic rings. The number of nitrogens with zero attached hydrogens (tertiary/aromatic N) is 1. The number of piperidine rings is 1. The predicted molar refractivity (Wildman–Crippen MR) is 82.5 cm³/mol. The molecule has 0 saturated carbocycles. The predicted octanol–water partition coefficient (Wildman–Crippen LogP) is 3.96. The van der Waals surface area contributed by atoms with E-state index in [1.165, 1.54) is 6.07 Å². The first-order valence-electron chi connectivity index (χ1n) is 6.98. The van der Waals surface area contributed by atoms with Crippen molar-refractivity contribution in [1.29, 1.82) is 0 Å². The lowest BCUT2D eigenvalue weighted by molar-refractivity contribution is -0.137. The third-order valence-electron chi connectivity index (χ3n) is 4.02. The maximum atomic E-state index is 12.8. The Hall–Kier alpha value is -1.30. The van der Waals surface area contributed by atoms with Crippen LogP contribution in [-0.4, -0.2) is 17.6 Å². The molecule has 0 aromatic heterocycles. The Kier molecular flexibility index (Phi) is 4.46. The van der Waals surface area contributed by atoms with Crippen LogP contribution in [0, 0.1) is 5.92 Å². The molecule has 21 heavy (non-hydrogen) atoms. The monoisotopic (exact) mass is 316 g/mol. The molecule has 1 saturated heterocycles. The van der Waals surface area contributed by atoms with Crippen molar-refractivity contribution in [2.75, 3.05) is 11.4 Å². The van der Waals surface area contributed by atoms with Crippen LogP contribution in [0.5, 0.6) is 0 Å². The SMILES string of the molecule is CC1CCC(C)N(c2ccc(C(F)(F)F)cc2C(N)=S)C1. The van der Waals surface area contributed by atoms with Gasteiger partial charge in [-0.2, -0.15) is 13.2 Å². The molecule has 2 nitrogen and oxygen atoms in total. The molecule has 1 aliphatic heterocycles. The molecule has 116 valence electrons. The van der Waals surface area contributed by atoms with Crippen molar-refractivity contribution in [3.63, 3.8) is 0 Å². The highest BCUT2D eigenvalue weighted by atomic mass is 32.1. The summed E-state index contributed by atoms with van der Waals surface area (Å²) in [6.45, 7) is 5.03. The van der Waals surface area contributed by atoms with Gasteiger partial charge in [-0.25, -0.2) is 0 Å². The highest BCUT2D eigenvalue weighted by molar-refractivity contribution is 7.80. The van der Waals surface area contributed by atoms with Gasteiger partial charge in [0.05, 0.1) is 5.56 Å². The van der Waals surface area contributed by atoms with Crippen molar-refractivity contribution in [1.82, 2.24) is 0 Å². The molecule has 0 radical (unpaired) electrons. The minimum atomic E-state index is -4.39. The Labute approximate surface area is 128 Å². The summed E-state index contributed by atoms with van der Waals surface area (Å²) in [7, 11) is 0. The molecule has 2 rings (SSSR count). The van der Waals surface area contributed by atoms with Gasteiger partial charge >= 0.3 is 6.18 Å². The number of thiocarbonyl (C=S) groups is 1. The van der Waals surface area contributed by atoms with Crippen molar-refractivity contribution in [3.8, 4) is 0 Å². The summed E-state index contributed by atoms with van der Waals surface area (Å²) in [5.74, 6) is 0.502. The summed E-state index contributed by atoms with van der Waals surface area (Å²) in [5, 5.41) is 0. The molecule has 1 aliphatic rings. The summed E-state index contributed by atoms with van der Waals surface area (Å²) in [4.78, 5) is 2.12. The van der Waals surface area contributed by atoms with Crippen molar-refractivity contribution in [2.45, 2.75) is 38.9 Å². The molecule has 1 aromatic carbocycles. The summed E-state index contributed by atoms with van der Waals surface area (Å²) < 4.78 is 38.5. The van der Waals surface area contributed by atoms with Crippen LogP contribution in [-0.2, 0) is 6.18 Å². The lowest BCUT2D eigenvalue weighted by Crippen LogP contribution is -2.42. The third kappa shape index (κ3) is 3.48. The van der Waals surface area contributed by atoms with Crippen LogP contribution >= 0.6 is 12.2 Å². The summed E-state index contributed by atoms with van der Waals surface area (Å²) in [5.41, 5.74) is 5.94. The van der Waals surface area contributed by atoms with Gasteiger partial charge in [0.15, 0.2) is 0 Å². The zero-order valence-corrected chi connectivity index (χ0v) is 12.9. The zero-order valence-electron chi connectivity index (χ0n) is 12.1. The third-order valence-corrected chi connectivity index (χ3v) is 4.24. The normalized spacial score (nSPS) is 23.2. The number of halogens is 3. The van der Waals surface area contributed by atoms with Gasteiger partial charge in [0.1, 0.15) is 4.99 Å². The van der Waals surface area contributed by atoms with Crippen molar-refractivity contribution < 1.29 is 13.2 Å². The minimum Gasteiger partial charge on any atom is -0.389 e. The van der Waals surface area contributed by atoms with E-state index in [1.807, 2.05) is 0 Å². The smallest absolute Gasteiger partial charge is 0.389 e. The van der Waals surface area contributed by atoms with E-state index in [2.05, 4.69) is 18.7 Å². The zero-order chi connectivity index (χ0) is 15.8. The van der Waals surface area contributed by atoms with Crippen LogP contribution in [0.3, 0.4) is 0 Å². The second kappa shape index (κ2) is 5.83. The first-order chi connectivity index (χ1) is 9.70. The molecule has 2 N–H and O–H groups in total. The lowest BCUT2D eigenvalue weighted by atomic mass is 9.93. The molecule has 0 aliphatic carbocycles. The average molecular weight is 316 g/mol. The van der Waals surface area contributed by atoms with Crippen molar-refractivity contribution >= 4 is 22.9 Å². The van der Waals surface area contributed by atoms with E-state index in [0.29, 0.717) is 17.2 Å². The number of anilines is 1. The highest BCUT2D eigenvalue weighted by Gasteiger charge is 2.32. The standard InChI is InChI=1S/C15H19F3N2S/c1-9-3-4-10(2)20(8-9)13-6-5-11(15(16,17)18)7-12(13)14(19)21/h5-7,9-10H,3-4,8H2,1-2H3,(H2,19,21). The second-order valence-corrected chi connectivity index (χ2v) is 6.22. The molecule has 1 fully saturated rings. The van der Waals surface area contributed by atoms with Crippen LogP contribution in [0.2, 0.25) is 0 Å². The van der Waals surface area contributed by atoms with Crippen LogP contribution in [0.25, 0.3) is 0 Å². The number of rotatable bonds is 2. The maximum Gasteiger partial charge on any atom is 0.416 e. The molecular formula is C15H19F3N2S. The van der Waals surface area contributed by atoms with Crippen LogP contribution < -0.4 is 10.6 Å². The molecular weight excluding hydrogens is 297 g/mol. The quantitative estimate of drug-likeness (QED) is 0.837. The summed E-state index contributed by atoms with van der Waals surface area (Å²) >= 11 is 4.95. The Morgan fingerprint density at radius 3 is 2.52 bits per heavy atom. The van der Waals surface area contributed by atoms with E-state index in [9.17, 15) is 13.2 Å². The van der Waals surface area contributed by atoms with Crippen LogP contribution in [0.4, 0.5) is 18.9 Å². The number of hydrogen-bond acceptors (Lipinski definition) is 2. The van der Waals surface area contributed by atoms with E-state index >= 15 is 0 Å². The number of hydrogen-bond donors (Lipinski definition) is 1. The number of nitrogens with two attached hydrogens (primary N) is 1. The molecule has 6 heteroatoms. The maximum absolute atomic E-state index is 12.8. The van der Waals surface area contributed by atoms with E-state index in [1.54, 1.807) is 0 Å². The Morgan fingerprint density at radius 1 is 1.29 bits per heavy atom. The molecule has 0 amide bonds.